The van der Waals surface area contributed by atoms with Crippen LogP contribution < -0.4 is 0 Å². The van der Waals surface area contributed by atoms with Crippen molar-refractivity contribution in [2.45, 2.75) is 47.5 Å². The number of aryl methyl sites for hydroxylation is 4. The van der Waals surface area contributed by atoms with E-state index in [4.69, 9.17) is 9.97 Å². The van der Waals surface area contributed by atoms with Crippen molar-refractivity contribution in [2.75, 3.05) is 0 Å². The molecule has 3 nitrogen and oxygen atoms in total. The molecule has 4 rings (SSSR count). The molecule has 27 heavy (non-hydrogen) atoms. The fraction of sp³-hybridized carbons (Fsp3) is 0.292. The minimum Gasteiger partial charge on any atom is -0.261 e. The van der Waals surface area contributed by atoms with Crippen LogP contribution in [0.1, 0.15) is 48.0 Å². The number of benzene rings is 2. The highest BCUT2D eigenvalue weighted by atomic mass is 14.9. The van der Waals surface area contributed by atoms with E-state index in [2.05, 4.69) is 76.9 Å². The Morgan fingerprint density at radius 1 is 0.815 bits per heavy atom. The van der Waals surface area contributed by atoms with Gasteiger partial charge in [-0.05, 0) is 51.5 Å². The molecule has 2 aromatic heterocycles. The van der Waals surface area contributed by atoms with E-state index in [0.717, 1.165) is 39.2 Å². The number of pyridine rings is 1. The Balaban J connectivity index is 2.19. The van der Waals surface area contributed by atoms with Gasteiger partial charge in [-0.1, -0.05) is 37.1 Å². The van der Waals surface area contributed by atoms with Gasteiger partial charge in [0.1, 0.15) is 5.82 Å². The summed E-state index contributed by atoms with van der Waals surface area (Å²) < 4.78 is 0. The first-order valence-corrected chi connectivity index (χ1v) is 9.50. The second-order valence-electron chi connectivity index (χ2n) is 7.87. The number of hydrogen-bond donors (Lipinski definition) is 0. The molecular weight excluding hydrogens is 330 g/mol. The fourth-order valence-electron chi connectivity index (χ4n) is 3.83. The molecule has 4 aromatic rings. The van der Waals surface area contributed by atoms with E-state index in [9.17, 15) is 0 Å². The van der Waals surface area contributed by atoms with Gasteiger partial charge in [-0.3, -0.25) is 4.98 Å². The van der Waals surface area contributed by atoms with Crippen molar-refractivity contribution in [1.29, 1.82) is 0 Å². The van der Waals surface area contributed by atoms with E-state index in [1.807, 2.05) is 6.20 Å². The topological polar surface area (TPSA) is 38.7 Å². The Morgan fingerprint density at radius 2 is 1.48 bits per heavy atom. The SMILES string of the molecule is Cc1cc(C)cc(-c2nc(C(C)C)nc3c2ccc2c(C)ncc(C)c23)c1. The Labute approximate surface area is 160 Å². The van der Waals surface area contributed by atoms with Crippen molar-refractivity contribution in [1.82, 2.24) is 15.0 Å². The molecule has 0 saturated heterocycles. The van der Waals surface area contributed by atoms with E-state index in [1.54, 1.807) is 0 Å². The second-order valence-corrected chi connectivity index (χ2v) is 7.87. The first kappa shape index (κ1) is 17.6. The monoisotopic (exact) mass is 355 g/mol. The Hall–Kier alpha value is -2.81. The summed E-state index contributed by atoms with van der Waals surface area (Å²) in [5.74, 6) is 1.15. The number of aromatic nitrogens is 3. The Bertz CT molecular complexity index is 1170. The molecule has 2 heterocycles. The van der Waals surface area contributed by atoms with Gasteiger partial charge in [0.25, 0.3) is 0 Å². The van der Waals surface area contributed by atoms with Crippen molar-refractivity contribution in [2.24, 2.45) is 0 Å². The van der Waals surface area contributed by atoms with Crippen LogP contribution in [0.25, 0.3) is 32.9 Å². The summed E-state index contributed by atoms with van der Waals surface area (Å²) >= 11 is 0. The van der Waals surface area contributed by atoms with Crippen LogP contribution in [0.3, 0.4) is 0 Å². The van der Waals surface area contributed by atoms with Crippen LogP contribution in [-0.2, 0) is 0 Å². The van der Waals surface area contributed by atoms with Gasteiger partial charge in [0.05, 0.1) is 11.2 Å². The lowest BCUT2D eigenvalue weighted by Gasteiger charge is -2.15. The first-order valence-electron chi connectivity index (χ1n) is 9.50. The van der Waals surface area contributed by atoms with Crippen LogP contribution in [-0.4, -0.2) is 15.0 Å². The summed E-state index contributed by atoms with van der Waals surface area (Å²) in [6.45, 7) is 12.7. The molecule has 0 N–H and O–H groups in total. The van der Waals surface area contributed by atoms with Crippen molar-refractivity contribution in [3.8, 4) is 11.3 Å². The maximum absolute atomic E-state index is 5.00. The van der Waals surface area contributed by atoms with Gasteiger partial charge in [0.2, 0.25) is 0 Å². The van der Waals surface area contributed by atoms with E-state index in [1.165, 1.54) is 21.9 Å². The molecule has 0 amide bonds. The average Bonchev–Trinajstić information content (AvgIpc) is 2.62. The van der Waals surface area contributed by atoms with Gasteiger partial charge in [0, 0.05) is 39.5 Å². The smallest absolute Gasteiger partial charge is 0.132 e. The van der Waals surface area contributed by atoms with Gasteiger partial charge in [0.15, 0.2) is 0 Å². The van der Waals surface area contributed by atoms with Crippen molar-refractivity contribution >= 4 is 21.7 Å². The maximum Gasteiger partial charge on any atom is 0.132 e. The standard InChI is InChI=1S/C24H25N3/c1-13(2)24-26-22(18-10-14(3)9-15(4)11-18)20-8-7-19-17(6)25-12-16(5)21(19)23(20)27-24/h7-13H,1-6H3. The van der Waals surface area contributed by atoms with E-state index in [-0.39, 0.29) is 5.92 Å². The van der Waals surface area contributed by atoms with Gasteiger partial charge < -0.3 is 0 Å². The van der Waals surface area contributed by atoms with Crippen molar-refractivity contribution in [3.05, 3.63) is 64.7 Å². The lowest BCUT2D eigenvalue weighted by molar-refractivity contribution is 0.785. The fourth-order valence-corrected chi connectivity index (χ4v) is 3.83. The molecule has 0 radical (unpaired) electrons. The molecule has 136 valence electrons. The summed E-state index contributed by atoms with van der Waals surface area (Å²) in [4.78, 5) is 14.5. The zero-order valence-corrected chi connectivity index (χ0v) is 16.9. The second kappa shape index (κ2) is 6.41. The third-order valence-electron chi connectivity index (χ3n) is 5.13. The maximum atomic E-state index is 5.00. The van der Waals surface area contributed by atoms with E-state index >= 15 is 0 Å². The molecule has 0 bridgehead atoms. The largest absolute Gasteiger partial charge is 0.261 e. The Kier molecular flexibility index (Phi) is 4.18. The molecule has 2 aromatic carbocycles. The van der Waals surface area contributed by atoms with Crippen LogP contribution in [0.2, 0.25) is 0 Å². The van der Waals surface area contributed by atoms with Crippen molar-refractivity contribution < 1.29 is 0 Å². The molecule has 0 saturated carbocycles. The number of nitrogens with zero attached hydrogens (tertiary/aromatic N) is 3. The van der Waals surface area contributed by atoms with Crippen molar-refractivity contribution in [3.63, 3.8) is 0 Å². The summed E-state index contributed by atoms with van der Waals surface area (Å²) in [6.07, 6.45) is 1.95. The molecule has 3 heteroatoms. The van der Waals surface area contributed by atoms with Crippen LogP contribution in [0.5, 0.6) is 0 Å². The normalized spacial score (nSPS) is 11.7. The summed E-state index contributed by atoms with van der Waals surface area (Å²) in [6, 6.07) is 11.0. The predicted molar refractivity (Wildman–Crippen MR) is 113 cm³/mol. The van der Waals surface area contributed by atoms with Gasteiger partial charge >= 0.3 is 0 Å². The van der Waals surface area contributed by atoms with Crippen LogP contribution in [0, 0.1) is 27.7 Å². The lowest BCUT2D eigenvalue weighted by Crippen LogP contribution is -2.02. The predicted octanol–water partition coefficient (Wildman–Crippen LogP) is 6.20. The molecule has 0 fully saturated rings. The molecule has 0 aliphatic rings. The highest BCUT2D eigenvalue weighted by Crippen LogP contribution is 2.34. The van der Waals surface area contributed by atoms with Crippen LogP contribution >= 0.6 is 0 Å². The summed E-state index contributed by atoms with van der Waals surface area (Å²) in [5.41, 5.74) is 7.90. The number of hydrogen-bond acceptors (Lipinski definition) is 3. The van der Waals surface area contributed by atoms with Gasteiger partial charge in [-0.25, -0.2) is 9.97 Å². The molecule has 0 aliphatic carbocycles. The quantitative estimate of drug-likeness (QED) is 0.402. The third kappa shape index (κ3) is 2.97. The first-order chi connectivity index (χ1) is 12.8. The van der Waals surface area contributed by atoms with Crippen LogP contribution in [0.4, 0.5) is 0 Å². The number of fused-ring (bicyclic) bond motifs is 3. The minimum atomic E-state index is 0.262. The van der Waals surface area contributed by atoms with Gasteiger partial charge in [-0.2, -0.15) is 0 Å². The van der Waals surface area contributed by atoms with E-state index in [0.29, 0.717) is 0 Å². The summed E-state index contributed by atoms with van der Waals surface area (Å²) in [5, 5.41) is 3.46. The molecule has 0 unspecified atom stereocenters. The molecule has 0 spiro atoms. The highest BCUT2D eigenvalue weighted by Gasteiger charge is 2.16. The minimum absolute atomic E-state index is 0.262. The lowest BCUT2D eigenvalue weighted by atomic mass is 9.97. The Morgan fingerprint density at radius 3 is 2.15 bits per heavy atom. The van der Waals surface area contributed by atoms with Crippen LogP contribution in [0.15, 0.2) is 36.5 Å². The zero-order valence-electron chi connectivity index (χ0n) is 16.9. The highest BCUT2D eigenvalue weighted by molar-refractivity contribution is 6.11. The zero-order chi connectivity index (χ0) is 19.3. The van der Waals surface area contributed by atoms with E-state index < -0.39 is 0 Å². The molecular formula is C24H25N3. The third-order valence-corrected chi connectivity index (χ3v) is 5.13. The number of rotatable bonds is 2. The summed E-state index contributed by atoms with van der Waals surface area (Å²) in [7, 11) is 0. The molecule has 0 atom stereocenters. The van der Waals surface area contributed by atoms with Gasteiger partial charge in [-0.15, -0.1) is 0 Å². The molecule has 0 aliphatic heterocycles. The average molecular weight is 355 g/mol.